The third kappa shape index (κ3) is 3.25. The summed E-state index contributed by atoms with van der Waals surface area (Å²) in [6, 6.07) is 4.47. The molecule has 0 bridgehead atoms. The van der Waals surface area contributed by atoms with Gasteiger partial charge in [-0.25, -0.2) is 18.0 Å². The van der Waals surface area contributed by atoms with Crippen LogP contribution in [0.4, 0.5) is 18.9 Å². The number of phenolic OH excluding ortho intramolecular Hbond substituents is 1. The molecule has 0 amide bonds. The van der Waals surface area contributed by atoms with Crippen LogP contribution in [0.15, 0.2) is 30.3 Å². The van der Waals surface area contributed by atoms with E-state index in [0.717, 1.165) is 24.3 Å². The van der Waals surface area contributed by atoms with Gasteiger partial charge in [-0.3, -0.25) is 0 Å². The third-order valence-corrected chi connectivity index (χ3v) is 2.80. The maximum absolute atomic E-state index is 13.5. The van der Waals surface area contributed by atoms with Crippen molar-refractivity contribution in [2.24, 2.45) is 0 Å². The molecule has 4 nitrogen and oxygen atoms in total. The molecule has 3 N–H and O–H groups in total. The quantitative estimate of drug-likeness (QED) is 0.811. The van der Waals surface area contributed by atoms with Gasteiger partial charge in [0.2, 0.25) is 0 Å². The summed E-state index contributed by atoms with van der Waals surface area (Å²) in [5.41, 5.74) is -0.810. The Balaban J connectivity index is 2.25. The predicted molar refractivity (Wildman–Crippen MR) is 68.7 cm³/mol. The number of aromatic carboxylic acids is 1. The molecule has 0 radical (unpaired) electrons. The fourth-order valence-electron chi connectivity index (χ4n) is 1.73. The molecular formula is C14H10F3NO3. The number of nitrogens with one attached hydrogen (secondary N) is 1. The lowest BCUT2D eigenvalue weighted by Crippen LogP contribution is -2.07. The zero-order valence-corrected chi connectivity index (χ0v) is 10.5. The predicted octanol–water partition coefficient (Wildman–Crippen LogP) is 3.12. The molecule has 2 aromatic rings. The average Bonchev–Trinajstić information content (AvgIpc) is 2.41. The van der Waals surface area contributed by atoms with Gasteiger partial charge >= 0.3 is 5.97 Å². The van der Waals surface area contributed by atoms with Crippen molar-refractivity contribution < 1.29 is 28.2 Å². The van der Waals surface area contributed by atoms with Crippen molar-refractivity contribution in [1.29, 1.82) is 0 Å². The fourth-order valence-corrected chi connectivity index (χ4v) is 1.73. The average molecular weight is 297 g/mol. The molecule has 7 heteroatoms. The second kappa shape index (κ2) is 5.74. The number of carbonyl (C=O) groups is 1. The molecule has 0 aromatic heterocycles. The maximum Gasteiger partial charge on any atom is 0.338 e. The first kappa shape index (κ1) is 14.7. The number of hydrogen-bond donors (Lipinski definition) is 3. The number of rotatable bonds is 4. The van der Waals surface area contributed by atoms with Crippen LogP contribution < -0.4 is 5.32 Å². The Morgan fingerprint density at radius 3 is 2.48 bits per heavy atom. The second-order valence-corrected chi connectivity index (χ2v) is 4.24. The standard InChI is InChI=1S/C14H10F3NO3/c15-8-1-2-13(19)7(3-8)6-18-12-4-9(14(20)21)10(16)5-11(12)17/h1-5,18-19H,6H2,(H,20,21). The van der Waals surface area contributed by atoms with Gasteiger partial charge in [-0.1, -0.05) is 0 Å². The first-order valence-electron chi connectivity index (χ1n) is 5.82. The molecule has 0 saturated heterocycles. The third-order valence-electron chi connectivity index (χ3n) is 2.80. The van der Waals surface area contributed by atoms with Crippen molar-refractivity contribution in [2.45, 2.75) is 6.54 Å². The van der Waals surface area contributed by atoms with Crippen molar-refractivity contribution in [3.8, 4) is 5.75 Å². The zero-order chi connectivity index (χ0) is 15.6. The minimum atomic E-state index is -1.54. The molecule has 0 unspecified atom stereocenters. The first-order chi connectivity index (χ1) is 9.88. The number of carboxylic acid groups (broad SMARTS) is 1. The highest BCUT2D eigenvalue weighted by atomic mass is 19.1. The topological polar surface area (TPSA) is 69.6 Å². The Hall–Kier alpha value is -2.70. The van der Waals surface area contributed by atoms with Gasteiger partial charge in [0.15, 0.2) is 0 Å². The van der Waals surface area contributed by atoms with E-state index in [1.807, 2.05) is 0 Å². The number of hydrogen-bond acceptors (Lipinski definition) is 3. The molecule has 0 atom stereocenters. The minimum Gasteiger partial charge on any atom is -0.508 e. The molecular weight excluding hydrogens is 287 g/mol. The van der Waals surface area contributed by atoms with E-state index in [1.165, 1.54) is 0 Å². The van der Waals surface area contributed by atoms with Crippen LogP contribution in [0.1, 0.15) is 15.9 Å². The summed E-state index contributed by atoms with van der Waals surface area (Å²) < 4.78 is 39.8. The van der Waals surface area contributed by atoms with Crippen molar-refractivity contribution in [3.05, 3.63) is 58.9 Å². The lowest BCUT2D eigenvalue weighted by Gasteiger charge is -2.10. The van der Waals surface area contributed by atoms with Gasteiger partial charge in [-0.2, -0.15) is 0 Å². The van der Waals surface area contributed by atoms with Crippen molar-refractivity contribution in [2.75, 3.05) is 5.32 Å². The van der Waals surface area contributed by atoms with E-state index in [4.69, 9.17) is 5.11 Å². The monoisotopic (exact) mass is 297 g/mol. The lowest BCUT2D eigenvalue weighted by molar-refractivity contribution is 0.0692. The molecule has 0 spiro atoms. The molecule has 110 valence electrons. The maximum atomic E-state index is 13.5. The summed E-state index contributed by atoms with van der Waals surface area (Å²) in [6.07, 6.45) is 0. The Labute approximate surface area is 117 Å². The molecule has 0 fully saturated rings. The number of phenols is 1. The summed E-state index contributed by atoms with van der Waals surface area (Å²) >= 11 is 0. The van der Waals surface area contributed by atoms with Gasteiger partial charge in [-0.05, 0) is 24.3 Å². The molecule has 21 heavy (non-hydrogen) atoms. The van der Waals surface area contributed by atoms with E-state index in [2.05, 4.69) is 5.32 Å². The van der Waals surface area contributed by atoms with Crippen molar-refractivity contribution in [3.63, 3.8) is 0 Å². The van der Waals surface area contributed by atoms with E-state index in [0.29, 0.717) is 6.07 Å². The first-order valence-corrected chi connectivity index (χ1v) is 5.82. The summed E-state index contributed by atoms with van der Waals surface area (Å²) in [5.74, 6) is -4.52. The molecule has 0 aliphatic carbocycles. The molecule has 2 rings (SSSR count). The number of anilines is 1. The molecule has 0 saturated carbocycles. The van der Waals surface area contributed by atoms with Crippen LogP contribution in [0.2, 0.25) is 0 Å². The summed E-state index contributed by atoms with van der Waals surface area (Å²) in [4.78, 5) is 10.8. The summed E-state index contributed by atoms with van der Waals surface area (Å²) in [5, 5.41) is 20.8. The van der Waals surface area contributed by atoms with Crippen LogP contribution in [0.25, 0.3) is 0 Å². The molecule has 0 aliphatic heterocycles. The van der Waals surface area contributed by atoms with Gasteiger partial charge in [0, 0.05) is 18.2 Å². The minimum absolute atomic E-state index is 0.149. The van der Waals surface area contributed by atoms with Crippen LogP contribution in [0, 0.1) is 17.5 Å². The van der Waals surface area contributed by atoms with Gasteiger partial charge < -0.3 is 15.5 Å². The Bertz CT molecular complexity index is 704. The van der Waals surface area contributed by atoms with E-state index < -0.39 is 29.0 Å². The number of halogens is 3. The Morgan fingerprint density at radius 1 is 1.10 bits per heavy atom. The van der Waals surface area contributed by atoms with Crippen LogP contribution in [0.3, 0.4) is 0 Å². The van der Waals surface area contributed by atoms with Crippen molar-refractivity contribution >= 4 is 11.7 Å². The van der Waals surface area contributed by atoms with Crippen LogP contribution in [-0.4, -0.2) is 16.2 Å². The van der Waals surface area contributed by atoms with Gasteiger partial charge in [0.1, 0.15) is 23.2 Å². The van der Waals surface area contributed by atoms with Crippen LogP contribution >= 0.6 is 0 Å². The molecule has 2 aromatic carbocycles. The molecule has 0 heterocycles. The van der Waals surface area contributed by atoms with Crippen LogP contribution in [-0.2, 0) is 6.54 Å². The van der Waals surface area contributed by atoms with Gasteiger partial charge in [0.25, 0.3) is 0 Å². The normalized spacial score (nSPS) is 10.4. The highest BCUT2D eigenvalue weighted by molar-refractivity contribution is 5.89. The van der Waals surface area contributed by atoms with Gasteiger partial charge in [-0.15, -0.1) is 0 Å². The van der Waals surface area contributed by atoms with Gasteiger partial charge in [0.05, 0.1) is 11.3 Å². The van der Waals surface area contributed by atoms with Crippen LogP contribution in [0.5, 0.6) is 5.75 Å². The molecule has 0 aliphatic rings. The number of aromatic hydroxyl groups is 1. The second-order valence-electron chi connectivity index (χ2n) is 4.24. The highest BCUT2D eigenvalue weighted by Gasteiger charge is 2.15. The van der Waals surface area contributed by atoms with E-state index in [9.17, 15) is 23.1 Å². The zero-order valence-electron chi connectivity index (χ0n) is 10.5. The van der Waals surface area contributed by atoms with E-state index in [-0.39, 0.29) is 23.5 Å². The van der Waals surface area contributed by atoms with E-state index >= 15 is 0 Å². The Kier molecular flexibility index (Phi) is 4.02. The largest absolute Gasteiger partial charge is 0.508 e. The summed E-state index contributed by atoms with van der Waals surface area (Å²) in [7, 11) is 0. The smallest absolute Gasteiger partial charge is 0.338 e. The van der Waals surface area contributed by atoms with E-state index in [1.54, 1.807) is 0 Å². The Morgan fingerprint density at radius 2 is 1.81 bits per heavy atom. The van der Waals surface area contributed by atoms with Crippen molar-refractivity contribution in [1.82, 2.24) is 0 Å². The fraction of sp³-hybridized carbons (Fsp3) is 0.0714. The number of benzene rings is 2. The lowest BCUT2D eigenvalue weighted by atomic mass is 10.1. The SMILES string of the molecule is O=C(O)c1cc(NCc2cc(F)ccc2O)c(F)cc1F. The summed E-state index contributed by atoms with van der Waals surface area (Å²) in [6.45, 7) is -0.162. The highest BCUT2D eigenvalue weighted by Crippen LogP contribution is 2.23. The number of carboxylic acids is 1.